The zero-order valence-corrected chi connectivity index (χ0v) is 10.1. The molecular weight excluding hydrogens is 206 g/mol. The van der Waals surface area contributed by atoms with Crippen LogP contribution in [0.15, 0.2) is 0 Å². The van der Waals surface area contributed by atoms with Crippen LogP contribution in [0.2, 0.25) is 0 Å². The predicted octanol–water partition coefficient (Wildman–Crippen LogP) is 1.19. The van der Waals surface area contributed by atoms with Gasteiger partial charge in [-0.15, -0.1) is 0 Å². The van der Waals surface area contributed by atoms with Gasteiger partial charge in [0.05, 0.1) is 12.0 Å². The zero-order chi connectivity index (χ0) is 11.9. The van der Waals surface area contributed by atoms with Crippen molar-refractivity contribution in [1.29, 1.82) is 0 Å². The molecule has 2 aliphatic heterocycles. The summed E-state index contributed by atoms with van der Waals surface area (Å²) in [7, 11) is 1.80. The molecule has 0 radical (unpaired) electrons. The van der Waals surface area contributed by atoms with Crippen molar-refractivity contribution in [2.75, 3.05) is 7.05 Å². The van der Waals surface area contributed by atoms with Gasteiger partial charge in [-0.05, 0) is 18.8 Å². The summed E-state index contributed by atoms with van der Waals surface area (Å²) in [6, 6.07) is 0.0974. The Morgan fingerprint density at radius 1 is 1.38 bits per heavy atom. The second kappa shape index (κ2) is 4.07. The Hall–Kier alpha value is -1.06. The van der Waals surface area contributed by atoms with E-state index in [0.29, 0.717) is 12.3 Å². The Morgan fingerprint density at radius 3 is 2.50 bits per heavy atom. The van der Waals surface area contributed by atoms with Gasteiger partial charge in [0.25, 0.3) is 0 Å². The van der Waals surface area contributed by atoms with E-state index in [2.05, 4.69) is 0 Å². The number of carbonyl (C=O) groups is 2. The third-order valence-corrected chi connectivity index (χ3v) is 3.84. The van der Waals surface area contributed by atoms with Crippen LogP contribution >= 0.6 is 0 Å². The van der Waals surface area contributed by atoms with Crippen LogP contribution in [0, 0.1) is 11.8 Å². The molecule has 0 aliphatic carbocycles. The molecule has 2 saturated heterocycles. The van der Waals surface area contributed by atoms with Crippen LogP contribution in [-0.2, 0) is 14.3 Å². The van der Waals surface area contributed by atoms with Crippen molar-refractivity contribution in [3.63, 3.8) is 0 Å². The molecule has 90 valence electrons. The van der Waals surface area contributed by atoms with Gasteiger partial charge in [-0.25, -0.2) is 0 Å². The number of esters is 1. The molecule has 0 saturated carbocycles. The third kappa shape index (κ3) is 1.81. The minimum atomic E-state index is -0.0900. The topological polar surface area (TPSA) is 46.6 Å². The fraction of sp³-hybridized carbons (Fsp3) is 0.833. The molecule has 2 rings (SSSR count). The highest BCUT2D eigenvalue weighted by molar-refractivity contribution is 5.79. The molecular formula is C12H19NO3. The maximum Gasteiger partial charge on any atom is 0.309 e. The first-order valence-corrected chi connectivity index (χ1v) is 5.97. The summed E-state index contributed by atoms with van der Waals surface area (Å²) in [5.41, 5.74) is 0. The number of likely N-dealkylation sites (tertiary alicyclic amines) is 1. The van der Waals surface area contributed by atoms with Gasteiger partial charge in [0.2, 0.25) is 5.91 Å². The quantitative estimate of drug-likeness (QED) is 0.663. The van der Waals surface area contributed by atoms with Crippen molar-refractivity contribution in [3.8, 4) is 0 Å². The summed E-state index contributed by atoms with van der Waals surface area (Å²) < 4.78 is 5.41. The summed E-state index contributed by atoms with van der Waals surface area (Å²) in [4.78, 5) is 24.8. The van der Waals surface area contributed by atoms with Gasteiger partial charge in [-0.2, -0.15) is 0 Å². The van der Waals surface area contributed by atoms with Crippen molar-refractivity contribution in [2.24, 2.45) is 11.8 Å². The number of hydrogen-bond donors (Lipinski definition) is 0. The van der Waals surface area contributed by atoms with E-state index in [-0.39, 0.29) is 29.9 Å². The Bertz CT molecular complexity index is 313. The summed E-state index contributed by atoms with van der Waals surface area (Å²) >= 11 is 0. The molecule has 16 heavy (non-hydrogen) atoms. The Morgan fingerprint density at radius 2 is 2.06 bits per heavy atom. The smallest absolute Gasteiger partial charge is 0.309 e. The highest BCUT2D eigenvalue weighted by atomic mass is 16.6. The average molecular weight is 225 g/mol. The number of amides is 1. The normalized spacial score (nSPS) is 35.0. The van der Waals surface area contributed by atoms with Crippen LogP contribution in [-0.4, -0.2) is 36.0 Å². The third-order valence-electron chi connectivity index (χ3n) is 3.84. The number of hydrogen-bond acceptors (Lipinski definition) is 3. The maximum absolute atomic E-state index is 11.6. The maximum atomic E-state index is 11.6. The summed E-state index contributed by atoms with van der Waals surface area (Å²) in [6.45, 7) is 4.08. The molecule has 0 aromatic carbocycles. The van der Waals surface area contributed by atoms with E-state index in [4.69, 9.17) is 4.74 Å². The fourth-order valence-electron chi connectivity index (χ4n) is 2.67. The van der Waals surface area contributed by atoms with E-state index in [1.807, 2.05) is 13.8 Å². The molecule has 2 heterocycles. The first-order chi connectivity index (χ1) is 7.50. The molecule has 0 aromatic rings. The predicted molar refractivity (Wildman–Crippen MR) is 58.6 cm³/mol. The Kier molecular flexibility index (Phi) is 2.91. The van der Waals surface area contributed by atoms with Gasteiger partial charge in [0.1, 0.15) is 6.10 Å². The molecule has 4 heteroatoms. The lowest BCUT2D eigenvalue weighted by atomic mass is 9.90. The first-order valence-electron chi connectivity index (χ1n) is 5.97. The van der Waals surface area contributed by atoms with Gasteiger partial charge >= 0.3 is 5.97 Å². The van der Waals surface area contributed by atoms with Gasteiger partial charge < -0.3 is 9.64 Å². The van der Waals surface area contributed by atoms with Crippen molar-refractivity contribution in [1.82, 2.24) is 4.90 Å². The number of carbonyl (C=O) groups excluding carboxylic acids is 2. The molecule has 4 nitrogen and oxygen atoms in total. The molecule has 0 N–H and O–H groups in total. The van der Waals surface area contributed by atoms with Crippen LogP contribution < -0.4 is 0 Å². The van der Waals surface area contributed by atoms with Gasteiger partial charge in [-0.1, -0.05) is 13.8 Å². The van der Waals surface area contributed by atoms with Gasteiger partial charge in [-0.3, -0.25) is 9.59 Å². The lowest BCUT2D eigenvalue weighted by Crippen LogP contribution is -2.38. The Labute approximate surface area is 95.9 Å². The van der Waals surface area contributed by atoms with E-state index in [0.717, 1.165) is 12.8 Å². The summed E-state index contributed by atoms with van der Waals surface area (Å²) in [5, 5.41) is 0. The van der Waals surface area contributed by atoms with Crippen LogP contribution in [0.5, 0.6) is 0 Å². The highest BCUT2D eigenvalue weighted by Gasteiger charge is 2.44. The standard InChI is InChI=1S/C12H19NO3/c1-7(2)8-6-10(16-12(8)15)9-4-5-11(14)13(9)3/h7-10H,4-6H2,1-3H3/t8-,9-,10-/m0/s1. The van der Waals surface area contributed by atoms with Crippen molar-refractivity contribution in [2.45, 2.75) is 45.3 Å². The van der Waals surface area contributed by atoms with E-state index in [9.17, 15) is 9.59 Å². The highest BCUT2D eigenvalue weighted by Crippen LogP contribution is 2.33. The van der Waals surface area contributed by atoms with Crippen LogP contribution in [0.3, 0.4) is 0 Å². The molecule has 0 aromatic heterocycles. The molecule has 0 spiro atoms. The average Bonchev–Trinajstić information content (AvgIpc) is 2.73. The number of nitrogens with zero attached hydrogens (tertiary/aromatic N) is 1. The van der Waals surface area contributed by atoms with E-state index < -0.39 is 0 Å². The Balaban J connectivity index is 2.03. The van der Waals surface area contributed by atoms with E-state index >= 15 is 0 Å². The van der Waals surface area contributed by atoms with Crippen molar-refractivity contribution in [3.05, 3.63) is 0 Å². The minimum absolute atomic E-state index is 0.00843. The number of cyclic esters (lactones) is 1. The van der Waals surface area contributed by atoms with Crippen molar-refractivity contribution >= 4 is 11.9 Å². The number of ether oxygens (including phenoxy) is 1. The summed E-state index contributed by atoms with van der Waals surface area (Å²) in [6.07, 6.45) is 2.08. The number of likely N-dealkylation sites (N-methyl/N-ethyl adjacent to an activating group) is 1. The molecule has 3 atom stereocenters. The van der Waals surface area contributed by atoms with Crippen LogP contribution in [0.25, 0.3) is 0 Å². The lowest BCUT2D eigenvalue weighted by molar-refractivity contribution is -0.148. The van der Waals surface area contributed by atoms with E-state index in [1.165, 1.54) is 0 Å². The zero-order valence-electron chi connectivity index (χ0n) is 10.1. The summed E-state index contributed by atoms with van der Waals surface area (Å²) in [5.74, 6) is 0.399. The lowest BCUT2D eigenvalue weighted by Gasteiger charge is -2.24. The van der Waals surface area contributed by atoms with Gasteiger partial charge in [0, 0.05) is 13.5 Å². The fourth-order valence-corrected chi connectivity index (χ4v) is 2.67. The molecule has 2 aliphatic rings. The molecule has 0 unspecified atom stereocenters. The number of rotatable bonds is 2. The van der Waals surface area contributed by atoms with Crippen LogP contribution in [0.4, 0.5) is 0 Å². The first kappa shape index (κ1) is 11.4. The molecule has 2 fully saturated rings. The monoisotopic (exact) mass is 225 g/mol. The molecule has 0 bridgehead atoms. The SMILES string of the molecule is CC(C)[C@@H]1C[C@@H]([C@@H]2CCC(=O)N2C)OC1=O. The molecule has 1 amide bonds. The van der Waals surface area contributed by atoms with E-state index in [1.54, 1.807) is 11.9 Å². The van der Waals surface area contributed by atoms with Crippen LogP contribution in [0.1, 0.15) is 33.1 Å². The largest absolute Gasteiger partial charge is 0.460 e. The second-order valence-electron chi connectivity index (χ2n) is 5.17. The van der Waals surface area contributed by atoms with Crippen molar-refractivity contribution < 1.29 is 14.3 Å². The second-order valence-corrected chi connectivity index (χ2v) is 5.17. The van der Waals surface area contributed by atoms with Gasteiger partial charge in [0.15, 0.2) is 0 Å². The minimum Gasteiger partial charge on any atom is -0.460 e.